The Balaban J connectivity index is 1.79. The van der Waals surface area contributed by atoms with Gasteiger partial charge in [-0.1, -0.05) is 25.1 Å². The summed E-state index contributed by atoms with van der Waals surface area (Å²) in [7, 11) is 2.19. The number of fused-ring (bicyclic) bond motifs is 1. The Morgan fingerprint density at radius 3 is 2.95 bits per heavy atom. The van der Waals surface area contributed by atoms with Crippen molar-refractivity contribution in [1.29, 1.82) is 0 Å². The Hall–Kier alpha value is -1.32. The topological polar surface area (TPSA) is 28.4 Å². The SMILES string of the molecule is CCc1oc2ccccc2c1CNC1CCN(C)C1. The van der Waals surface area contributed by atoms with Crippen LogP contribution in [-0.4, -0.2) is 31.1 Å². The Kier molecular flexibility index (Phi) is 3.58. The van der Waals surface area contributed by atoms with E-state index in [-0.39, 0.29) is 0 Å². The zero-order valence-corrected chi connectivity index (χ0v) is 11.8. The Morgan fingerprint density at radius 2 is 2.21 bits per heavy atom. The zero-order valence-electron chi connectivity index (χ0n) is 11.8. The van der Waals surface area contributed by atoms with E-state index in [4.69, 9.17) is 4.42 Å². The fraction of sp³-hybridized carbons (Fsp3) is 0.500. The number of nitrogens with one attached hydrogen (secondary N) is 1. The van der Waals surface area contributed by atoms with Gasteiger partial charge in [-0.05, 0) is 26.1 Å². The molecular formula is C16H22N2O. The van der Waals surface area contributed by atoms with E-state index in [0.717, 1.165) is 30.9 Å². The predicted octanol–water partition coefficient (Wildman–Crippen LogP) is 2.79. The molecule has 3 heteroatoms. The van der Waals surface area contributed by atoms with E-state index in [2.05, 4.69) is 42.4 Å². The molecule has 1 aromatic carbocycles. The summed E-state index contributed by atoms with van der Waals surface area (Å²) in [5.74, 6) is 1.13. The van der Waals surface area contributed by atoms with Gasteiger partial charge in [-0.2, -0.15) is 0 Å². The highest BCUT2D eigenvalue weighted by atomic mass is 16.3. The molecule has 1 aliphatic heterocycles. The van der Waals surface area contributed by atoms with E-state index in [0.29, 0.717) is 6.04 Å². The molecule has 2 heterocycles. The number of likely N-dealkylation sites (N-methyl/N-ethyl adjacent to an activating group) is 1. The van der Waals surface area contributed by atoms with Gasteiger partial charge in [0.15, 0.2) is 0 Å². The second-order valence-corrected chi connectivity index (χ2v) is 5.48. The van der Waals surface area contributed by atoms with Crippen LogP contribution in [0.2, 0.25) is 0 Å². The van der Waals surface area contributed by atoms with Crippen LogP contribution in [0.1, 0.15) is 24.7 Å². The van der Waals surface area contributed by atoms with Crippen LogP contribution in [0.3, 0.4) is 0 Å². The van der Waals surface area contributed by atoms with E-state index in [1.165, 1.54) is 23.9 Å². The smallest absolute Gasteiger partial charge is 0.134 e. The van der Waals surface area contributed by atoms with Gasteiger partial charge in [0.1, 0.15) is 11.3 Å². The number of furan rings is 1. The molecule has 1 unspecified atom stereocenters. The van der Waals surface area contributed by atoms with Gasteiger partial charge < -0.3 is 14.6 Å². The van der Waals surface area contributed by atoms with Gasteiger partial charge in [0.05, 0.1) is 0 Å². The lowest BCUT2D eigenvalue weighted by Gasteiger charge is -2.12. The molecule has 0 aliphatic carbocycles. The minimum absolute atomic E-state index is 0.614. The van der Waals surface area contributed by atoms with Crippen molar-refractivity contribution in [3.05, 3.63) is 35.6 Å². The molecule has 1 N–H and O–H groups in total. The third-order valence-corrected chi connectivity index (χ3v) is 4.06. The predicted molar refractivity (Wildman–Crippen MR) is 78.3 cm³/mol. The summed E-state index contributed by atoms with van der Waals surface area (Å²) in [5.41, 5.74) is 2.35. The average Bonchev–Trinajstić information content (AvgIpc) is 2.99. The number of likely N-dealkylation sites (tertiary alicyclic amines) is 1. The molecule has 3 rings (SSSR count). The third-order valence-electron chi connectivity index (χ3n) is 4.06. The van der Waals surface area contributed by atoms with Gasteiger partial charge in [0.25, 0.3) is 0 Å². The molecule has 1 saturated heterocycles. The van der Waals surface area contributed by atoms with Crippen LogP contribution in [-0.2, 0) is 13.0 Å². The maximum absolute atomic E-state index is 5.93. The molecule has 0 amide bonds. The van der Waals surface area contributed by atoms with Gasteiger partial charge in [0, 0.05) is 36.5 Å². The molecule has 0 spiro atoms. The molecule has 102 valence electrons. The average molecular weight is 258 g/mol. The summed E-state index contributed by atoms with van der Waals surface area (Å²) in [5, 5.41) is 4.94. The molecule has 1 aromatic heterocycles. The molecule has 3 nitrogen and oxygen atoms in total. The van der Waals surface area contributed by atoms with Crippen molar-refractivity contribution in [2.45, 2.75) is 32.4 Å². The van der Waals surface area contributed by atoms with Crippen LogP contribution < -0.4 is 5.32 Å². The summed E-state index contributed by atoms with van der Waals surface area (Å²) < 4.78 is 5.93. The Bertz CT molecular complexity index is 561. The number of benzene rings is 1. The summed E-state index contributed by atoms with van der Waals surface area (Å²) in [4.78, 5) is 2.38. The number of hydrogen-bond donors (Lipinski definition) is 1. The van der Waals surface area contributed by atoms with Crippen molar-refractivity contribution in [1.82, 2.24) is 10.2 Å². The summed E-state index contributed by atoms with van der Waals surface area (Å²) >= 11 is 0. The first-order valence-electron chi connectivity index (χ1n) is 7.19. The molecular weight excluding hydrogens is 236 g/mol. The minimum Gasteiger partial charge on any atom is -0.461 e. The first-order valence-corrected chi connectivity index (χ1v) is 7.19. The maximum Gasteiger partial charge on any atom is 0.134 e. The summed E-state index contributed by atoms with van der Waals surface area (Å²) in [6, 6.07) is 8.96. The van der Waals surface area contributed by atoms with Crippen LogP contribution in [0.25, 0.3) is 11.0 Å². The zero-order chi connectivity index (χ0) is 13.2. The van der Waals surface area contributed by atoms with Crippen LogP contribution in [0.5, 0.6) is 0 Å². The molecule has 0 saturated carbocycles. The van der Waals surface area contributed by atoms with Crippen molar-refractivity contribution in [3.8, 4) is 0 Å². The number of nitrogens with zero attached hydrogens (tertiary/aromatic N) is 1. The standard InChI is InChI=1S/C16H22N2O/c1-3-15-14(10-17-12-8-9-18(2)11-12)13-6-4-5-7-16(13)19-15/h4-7,12,17H,3,8-11H2,1-2H3. The highest BCUT2D eigenvalue weighted by Crippen LogP contribution is 2.26. The van der Waals surface area contributed by atoms with E-state index >= 15 is 0 Å². The van der Waals surface area contributed by atoms with E-state index in [1.54, 1.807) is 0 Å². The van der Waals surface area contributed by atoms with Crippen molar-refractivity contribution < 1.29 is 4.42 Å². The highest BCUT2D eigenvalue weighted by molar-refractivity contribution is 5.82. The third kappa shape index (κ3) is 2.53. The molecule has 0 bridgehead atoms. The fourth-order valence-electron chi connectivity index (χ4n) is 2.98. The first-order chi connectivity index (χ1) is 9.28. The number of aryl methyl sites for hydroxylation is 1. The lowest BCUT2D eigenvalue weighted by molar-refractivity contribution is 0.397. The molecule has 1 aliphatic rings. The Labute approximate surface area is 114 Å². The monoisotopic (exact) mass is 258 g/mol. The van der Waals surface area contributed by atoms with Crippen molar-refractivity contribution in [3.63, 3.8) is 0 Å². The molecule has 1 atom stereocenters. The fourth-order valence-corrected chi connectivity index (χ4v) is 2.98. The maximum atomic E-state index is 5.93. The van der Waals surface area contributed by atoms with Gasteiger partial charge >= 0.3 is 0 Å². The van der Waals surface area contributed by atoms with Crippen LogP contribution in [0, 0.1) is 0 Å². The van der Waals surface area contributed by atoms with Crippen molar-refractivity contribution >= 4 is 11.0 Å². The van der Waals surface area contributed by atoms with Crippen LogP contribution in [0.4, 0.5) is 0 Å². The van der Waals surface area contributed by atoms with Crippen molar-refractivity contribution in [2.75, 3.05) is 20.1 Å². The quantitative estimate of drug-likeness (QED) is 0.914. The normalized spacial score (nSPS) is 20.4. The van der Waals surface area contributed by atoms with Gasteiger partial charge in [0.2, 0.25) is 0 Å². The van der Waals surface area contributed by atoms with Crippen LogP contribution >= 0.6 is 0 Å². The molecule has 1 fully saturated rings. The van der Waals surface area contributed by atoms with Gasteiger partial charge in [-0.25, -0.2) is 0 Å². The number of rotatable bonds is 4. The second-order valence-electron chi connectivity index (χ2n) is 5.48. The van der Waals surface area contributed by atoms with Crippen molar-refractivity contribution in [2.24, 2.45) is 0 Å². The molecule has 2 aromatic rings. The lowest BCUT2D eigenvalue weighted by atomic mass is 10.1. The first kappa shape index (κ1) is 12.7. The lowest BCUT2D eigenvalue weighted by Crippen LogP contribution is -2.31. The molecule has 0 radical (unpaired) electrons. The van der Waals surface area contributed by atoms with E-state index in [9.17, 15) is 0 Å². The number of hydrogen-bond acceptors (Lipinski definition) is 3. The highest BCUT2D eigenvalue weighted by Gasteiger charge is 2.20. The van der Waals surface area contributed by atoms with E-state index in [1.807, 2.05) is 6.07 Å². The molecule has 19 heavy (non-hydrogen) atoms. The number of para-hydroxylation sites is 1. The second kappa shape index (κ2) is 5.35. The van der Waals surface area contributed by atoms with Crippen LogP contribution in [0.15, 0.2) is 28.7 Å². The van der Waals surface area contributed by atoms with Gasteiger partial charge in [-0.3, -0.25) is 0 Å². The summed E-state index contributed by atoms with van der Waals surface area (Å²) in [6.45, 7) is 5.42. The summed E-state index contributed by atoms with van der Waals surface area (Å²) in [6.07, 6.45) is 2.20. The largest absolute Gasteiger partial charge is 0.461 e. The van der Waals surface area contributed by atoms with E-state index < -0.39 is 0 Å². The Morgan fingerprint density at radius 1 is 1.37 bits per heavy atom. The minimum atomic E-state index is 0.614. The van der Waals surface area contributed by atoms with Gasteiger partial charge in [-0.15, -0.1) is 0 Å².